The van der Waals surface area contributed by atoms with Crippen molar-refractivity contribution in [2.75, 3.05) is 13.1 Å². The molecule has 0 aliphatic heterocycles. The van der Waals surface area contributed by atoms with Crippen LogP contribution < -0.4 is 0 Å². The van der Waals surface area contributed by atoms with E-state index >= 15 is 0 Å². The van der Waals surface area contributed by atoms with E-state index < -0.39 is 11.4 Å². The van der Waals surface area contributed by atoms with Gasteiger partial charge in [0, 0.05) is 19.5 Å². The molecule has 0 radical (unpaired) electrons. The lowest BCUT2D eigenvalue weighted by Crippen LogP contribution is -2.40. The molecule has 0 aliphatic carbocycles. The van der Waals surface area contributed by atoms with Crippen LogP contribution >= 0.6 is 0 Å². The minimum Gasteiger partial charge on any atom is -0.481 e. The minimum absolute atomic E-state index is 0.0573. The summed E-state index contributed by atoms with van der Waals surface area (Å²) in [7, 11) is 0. The maximum absolute atomic E-state index is 12.2. The van der Waals surface area contributed by atoms with E-state index in [2.05, 4.69) is 27.7 Å². The van der Waals surface area contributed by atoms with Crippen LogP contribution in [0.2, 0.25) is 0 Å². The van der Waals surface area contributed by atoms with Crippen LogP contribution in [-0.2, 0) is 9.59 Å². The lowest BCUT2D eigenvalue weighted by Gasteiger charge is -2.29. The molecule has 0 atom stereocenters. The molecule has 4 heteroatoms. The van der Waals surface area contributed by atoms with Crippen LogP contribution in [0.3, 0.4) is 0 Å². The van der Waals surface area contributed by atoms with Gasteiger partial charge in [0.2, 0.25) is 5.91 Å². The highest BCUT2D eigenvalue weighted by Gasteiger charge is 2.32. The van der Waals surface area contributed by atoms with Crippen molar-refractivity contribution in [3.63, 3.8) is 0 Å². The number of rotatable bonds is 7. The number of carboxylic acid groups (broad SMARTS) is 1. The zero-order valence-corrected chi connectivity index (χ0v) is 12.5. The molecule has 0 aromatic rings. The minimum atomic E-state index is -0.997. The lowest BCUT2D eigenvalue weighted by atomic mass is 9.88. The molecule has 1 N–H and O–H groups in total. The third kappa shape index (κ3) is 6.03. The van der Waals surface area contributed by atoms with Gasteiger partial charge in [0.15, 0.2) is 0 Å². The summed E-state index contributed by atoms with van der Waals surface area (Å²) in [5, 5.41) is 9.06. The Morgan fingerprint density at radius 1 is 1.06 bits per heavy atom. The molecular formula is C14H27NO3. The molecule has 0 aromatic heterocycles. The van der Waals surface area contributed by atoms with E-state index in [0.717, 1.165) is 0 Å². The van der Waals surface area contributed by atoms with E-state index in [1.807, 2.05) is 0 Å². The largest absolute Gasteiger partial charge is 0.481 e. The van der Waals surface area contributed by atoms with Gasteiger partial charge in [0.1, 0.15) is 0 Å². The van der Waals surface area contributed by atoms with Crippen molar-refractivity contribution >= 4 is 11.9 Å². The summed E-state index contributed by atoms with van der Waals surface area (Å²) >= 11 is 0. The van der Waals surface area contributed by atoms with Gasteiger partial charge < -0.3 is 10.0 Å². The standard InChI is InChI=1S/C14H27NO3/c1-10(2)8-15(9-11(3)4)12(16)7-14(5,6)13(17)18/h10-11H,7-9H2,1-6H3,(H,17,18). The quantitative estimate of drug-likeness (QED) is 0.762. The molecule has 4 nitrogen and oxygen atoms in total. The van der Waals surface area contributed by atoms with Crippen molar-refractivity contribution in [3.8, 4) is 0 Å². The predicted octanol–water partition coefficient (Wildman–Crippen LogP) is 2.63. The fraction of sp³-hybridized carbons (Fsp3) is 0.857. The third-order valence-corrected chi connectivity index (χ3v) is 2.70. The maximum atomic E-state index is 12.2. The number of carbonyl (C=O) groups is 2. The van der Waals surface area contributed by atoms with Gasteiger partial charge in [-0.05, 0) is 25.7 Å². The number of aliphatic carboxylic acids is 1. The van der Waals surface area contributed by atoms with Crippen LogP contribution in [-0.4, -0.2) is 35.0 Å². The molecule has 106 valence electrons. The van der Waals surface area contributed by atoms with Gasteiger partial charge in [-0.2, -0.15) is 0 Å². The summed E-state index contributed by atoms with van der Waals surface area (Å²) in [5.41, 5.74) is -0.997. The molecule has 0 aliphatic rings. The fourth-order valence-corrected chi connectivity index (χ4v) is 1.73. The summed E-state index contributed by atoms with van der Waals surface area (Å²) < 4.78 is 0. The number of hydrogen-bond donors (Lipinski definition) is 1. The second kappa shape index (κ2) is 6.76. The molecule has 0 fully saturated rings. The molecule has 0 heterocycles. The number of hydrogen-bond acceptors (Lipinski definition) is 2. The monoisotopic (exact) mass is 257 g/mol. The van der Waals surface area contributed by atoms with Gasteiger partial charge in [-0.1, -0.05) is 27.7 Å². The Morgan fingerprint density at radius 2 is 1.44 bits per heavy atom. The normalized spacial score (nSPS) is 12.0. The van der Waals surface area contributed by atoms with Gasteiger partial charge in [0.25, 0.3) is 0 Å². The molecule has 0 saturated heterocycles. The van der Waals surface area contributed by atoms with Gasteiger partial charge in [0.05, 0.1) is 5.41 Å². The third-order valence-electron chi connectivity index (χ3n) is 2.70. The maximum Gasteiger partial charge on any atom is 0.309 e. The Balaban J connectivity index is 4.70. The average molecular weight is 257 g/mol. The molecule has 0 spiro atoms. The first-order chi connectivity index (χ1) is 8.06. The van der Waals surface area contributed by atoms with Crippen molar-refractivity contribution in [2.24, 2.45) is 17.3 Å². The summed E-state index contributed by atoms with van der Waals surface area (Å²) in [4.78, 5) is 25.0. The van der Waals surface area contributed by atoms with E-state index in [0.29, 0.717) is 24.9 Å². The van der Waals surface area contributed by atoms with Gasteiger partial charge >= 0.3 is 5.97 Å². The Morgan fingerprint density at radius 3 is 1.72 bits per heavy atom. The topological polar surface area (TPSA) is 57.6 Å². The molecule has 0 saturated carbocycles. The molecule has 0 rings (SSSR count). The van der Waals surface area contributed by atoms with Crippen molar-refractivity contribution < 1.29 is 14.7 Å². The lowest BCUT2D eigenvalue weighted by molar-refractivity contribution is -0.151. The van der Waals surface area contributed by atoms with E-state index in [9.17, 15) is 9.59 Å². The second-order valence-corrected chi connectivity index (χ2v) is 6.45. The van der Waals surface area contributed by atoms with Crippen LogP contribution in [0.1, 0.15) is 48.0 Å². The molecule has 1 amide bonds. The highest BCUT2D eigenvalue weighted by molar-refractivity contribution is 5.84. The van der Waals surface area contributed by atoms with E-state index in [1.54, 1.807) is 18.7 Å². The van der Waals surface area contributed by atoms with Crippen molar-refractivity contribution in [1.82, 2.24) is 4.90 Å². The summed E-state index contributed by atoms with van der Waals surface area (Å²) in [6.07, 6.45) is 0.0573. The van der Waals surface area contributed by atoms with Crippen molar-refractivity contribution in [1.29, 1.82) is 0 Å². The van der Waals surface area contributed by atoms with E-state index in [4.69, 9.17) is 5.11 Å². The smallest absolute Gasteiger partial charge is 0.309 e. The van der Waals surface area contributed by atoms with Crippen molar-refractivity contribution in [3.05, 3.63) is 0 Å². The Hall–Kier alpha value is -1.06. The molecular weight excluding hydrogens is 230 g/mol. The Labute approximate surface area is 110 Å². The van der Waals surface area contributed by atoms with Crippen LogP contribution in [0.25, 0.3) is 0 Å². The first-order valence-corrected chi connectivity index (χ1v) is 6.57. The molecule has 0 bridgehead atoms. The fourth-order valence-electron chi connectivity index (χ4n) is 1.73. The average Bonchev–Trinajstić information content (AvgIpc) is 2.13. The number of carbonyl (C=O) groups excluding carboxylic acids is 1. The zero-order valence-electron chi connectivity index (χ0n) is 12.5. The van der Waals surface area contributed by atoms with Gasteiger partial charge in [-0.3, -0.25) is 9.59 Å². The Bertz CT molecular complexity index is 285. The Kier molecular flexibility index (Phi) is 6.36. The zero-order chi connectivity index (χ0) is 14.5. The summed E-state index contributed by atoms with van der Waals surface area (Å²) in [6.45, 7) is 12.8. The number of carboxylic acids is 1. The summed E-state index contributed by atoms with van der Waals surface area (Å²) in [6, 6.07) is 0. The van der Waals surface area contributed by atoms with Crippen LogP contribution in [0.5, 0.6) is 0 Å². The molecule has 18 heavy (non-hydrogen) atoms. The highest BCUT2D eigenvalue weighted by Crippen LogP contribution is 2.22. The number of amides is 1. The SMILES string of the molecule is CC(C)CN(CC(C)C)C(=O)CC(C)(C)C(=O)O. The van der Waals surface area contributed by atoms with Crippen LogP contribution in [0.4, 0.5) is 0 Å². The second-order valence-electron chi connectivity index (χ2n) is 6.45. The molecule has 0 aromatic carbocycles. The predicted molar refractivity (Wildman–Crippen MR) is 72.3 cm³/mol. The summed E-state index contributed by atoms with van der Waals surface area (Å²) in [5.74, 6) is -0.212. The first-order valence-electron chi connectivity index (χ1n) is 6.57. The van der Waals surface area contributed by atoms with E-state index in [-0.39, 0.29) is 12.3 Å². The number of nitrogens with zero attached hydrogens (tertiary/aromatic N) is 1. The van der Waals surface area contributed by atoms with Crippen LogP contribution in [0, 0.1) is 17.3 Å². The van der Waals surface area contributed by atoms with Crippen molar-refractivity contribution in [2.45, 2.75) is 48.0 Å². The van der Waals surface area contributed by atoms with Gasteiger partial charge in [-0.25, -0.2) is 0 Å². The molecule has 0 unspecified atom stereocenters. The first kappa shape index (κ1) is 16.9. The van der Waals surface area contributed by atoms with E-state index in [1.165, 1.54) is 0 Å². The highest BCUT2D eigenvalue weighted by atomic mass is 16.4. The van der Waals surface area contributed by atoms with Gasteiger partial charge in [-0.15, -0.1) is 0 Å². The van der Waals surface area contributed by atoms with Crippen LogP contribution in [0.15, 0.2) is 0 Å².